The topological polar surface area (TPSA) is 164 Å². The first-order valence-corrected chi connectivity index (χ1v) is 16.1. The van der Waals surface area contributed by atoms with E-state index >= 15 is 0 Å². The lowest BCUT2D eigenvalue weighted by atomic mass is 9.85. The number of hydroxylamine groups is 1. The largest absolute Gasteiger partial charge is 0.444 e. The molecular formula is C33H45N5O8. The number of hydrogen-bond acceptors (Lipinski definition) is 9. The van der Waals surface area contributed by atoms with Gasteiger partial charge in [0, 0.05) is 18.9 Å². The summed E-state index contributed by atoms with van der Waals surface area (Å²) in [4.78, 5) is 74.5. The van der Waals surface area contributed by atoms with E-state index in [1.807, 2.05) is 64.1 Å². The zero-order chi connectivity index (χ0) is 33.1. The molecule has 1 aliphatic carbocycles. The summed E-state index contributed by atoms with van der Waals surface area (Å²) in [5.41, 5.74) is 2.69. The molecule has 0 unspecified atom stereocenters. The number of carbonyl (C=O) groups excluding carboxylic acids is 5. The highest BCUT2D eigenvalue weighted by molar-refractivity contribution is 6.38. The van der Waals surface area contributed by atoms with Crippen LogP contribution in [0.3, 0.4) is 0 Å². The first-order valence-electron chi connectivity index (χ1n) is 16.1. The van der Waals surface area contributed by atoms with Crippen molar-refractivity contribution in [1.29, 1.82) is 0 Å². The molecule has 4 aliphatic rings. The fraction of sp³-hybridized carbons (Fsp3) is 0.606. The molecule has 250 valence electrons. The Kier molecular flexibility index (Phi) is 10.0. The van der Waals surface area contributed by atoms with Crippen LogP contribution in [0.5, 0.6) is 0 Å². The normalized spacial score (nSPS) is 25.3. The molecule has 3 aliphatic heterocycles. The molecule has 13 heteroatoms. The Labute approximate surface area is 269 Å². The Bertz CT molecular complexity index is 1350. The van der Waals surface area contributed by atoms with Gasteiger partial charge in [0.2, 0.25) is 17.6 Å². The molecule has 13 nitrogen and oxygen atoms in total. The lowest BCUT2D eigenvalue weighted by Crippen LogP contribution is -2.59. The Morgan fingerprint density at radius 3 is 2.46 bits per heavy atom. The number of nitrogens with one attached hydrogen (secondary N) is 4. The maximum absolute atomic E-state index is 14.4. The first kappa shape index (κ1) is 33.4. The van der Waals surface area contributed by atoms with Crippen molar-refractivity contribution >= 4 is 35.3 Å². The number of Topliss-reactive ketones (excluding diaryl/α,β-unsaturated/α-hetero) is 1. The van der Waals surface area contributed by atoms with Crippen molar-refractivity contribution in [3.05, 3.63) is 42.0 Å². The van der Waals surface area contributed by atoms with Crippen molar-refractivity contribution in [3.8, 4) is 0 Å². The molecule has 4 amide bonds. The molecule has 46 heavy (non-hydrogen) atoms. The third-order valence-corrected chi connectivity index (χ3v) is 8.68. The number of hydrogen-bond donors (Lipinski definition) is 4. The van der Waals surface area contributed by atoms with Gasteiger partial charge in [-0.15, -0.1) is 0 Å². The molecule has 0 bridgehead atoms. The van der Waals surface area contributed by atoms with E-state index in [1.165, 1.54) is 4.90 Å². The molecule has 0 radical (unpaired) electrons. The van der Waals surface area contributed by atoms with Gasteiger partial charge in [0.05, 0.1) is 31.5 Å². The number of ketones is 1. The van der Waals surface area contributed by atoms with E-state index in [9.17, 15) is 24.0 Å². The van der Waals surface area contributed by atoms with E-state index in [0.717, 1.165) is 18.4 Å². The van der Waals surface area contributed by atoms with Crippen LogP contribution in [0.4, 0.5) is 4.79 Å². The number of ether oxygens (including phenoxy) is 2. The average Bonchev–Trinajstić information content (AvgIpc) is 3.37. The van der Waals surface area contributed by atoms with E-state index in [4.69, 9.17) is 14.3 Å². The fourth-order valence-electron chi connectivity index (χ4n) is 5.97. The summed E-state index contributed by atoms with van der Waals surface area (Å²) in [5, 5.41) is 8.20. The fourth-order valence-corrected chi connectivity index (χ4v) is 5.97. The van der Waals surface area contributed by atoms with Gasteiger partial charge in [-0.1, -0.05) is 64.4 Å². The molecule has 2 saturated heterocycles. The van der Waals surface area contributed by atoms with Crippen molar-refractivity contribution in [1.82, 2.24) is 26.3 Å². The zero-order valence-electron chi connectivity index (χ0n) is 26.9. The van der Waals surface area contributed by atoms with Crippen molar-refractivity contribution in [2.45, 2.75) is 102 Å². The van der Waals surface area contributed by atoms with Crippen LogP contribution < -0.4 is 21.4 Å². The third-order valence-electron chi connectivity index (χ3n) is 8.68. The Balaban J connectivity index is 1.40. The maximum Gasteiger partial charge on any atom is 0.408 e. The predicted octanol–water partition coefficient (Wildman–Crippen LogP) is 1.96. The predicted molar refractivity (Wildman–Crippen MR) is 167 cm³/mol. The standard InChI is InChI=1S/C33H45N5O8/c1-5-9-23(26(39)29(41)34-21-12-13-21)35-28(40)25-17-33(16-24(37-46-33)20-10-7-6-8-11-20)19-38(25)30(42)27(32(2,3)4)36-31(43)45-22-14-15-44-18-22/h6-8,10-11,16,21-23,25,27,37H,5,9,12-15,17-19H2,1-4H3,(H,34,41)(H,35,40)(H,36,43)/t22-,23-,25-,27+,33+/m0/s1. The van der Waals surface area contributed by atoms with Crippen LogP contribution in [0.1, 0.15) is 71.8 Å². The van der Waals surface area contributed by atoms with Gasteiger partial charge >= 0.3 is 6.09 Å². The number of carbonyl (C=O) groups is 5. The van der Waals surface area contributed by atoms with E-state index in [-0.39, 0.29) is 32.0 Å². The van der Waals surface area contributed by atoms with Crippen molar-refractivity contribution in [2.24, 2.45) is 5.41 Å². The van der Waals surface area contributed by atoms with Gasteiger partial charge in [0.15, 0.2) is 0 Å². The van der Waals surface area contributed by atoms with Gasteiger partial charge in [-0.3, -0.25) is 29.5 Å². The van der Waals surface area contributed by atoms with Crippen molar-refractivity contribution in [2.75, 3.05) is 19.8 Å². The molecule has 3 fully saturated rings. The number of rotatable bonds is 11. The minimum atomic E-state index is -1.07. The van der Waals surface area contributed by atoms with E-state index in [0.29, 0.717) is 25.1 Å². The van der Waals surface area contributed by atoms with Gasteiger partial charge in [0.25, 0.3) is 5.91 Å². The van der Waals surface area contributed by atoms with Gasteiger partial charge < -0.3 is 30.3 Å². The average molecular weight is 640 g/mol. The molecule has 1 aromatic carbocycles. The highest BCUT2D eigenvalue weighted by Crippen LogP contribution is 2.39. The summed E-state index contributed by atoms with van der Waals surface area (Å²) in [7, 11) is 0. The third kappa shape index (κ3) is 7.87. The van der Waals surface area contributed by atoms with Crippen LogP contribution in [-0.4, -0.2) is 90.1 Å². The molecule has 1 saturated carbocycles. The van der Waals surface area contributed by atoms with Crippen molar-refractivity contribution < 1.29 is 38.3 Å². The molecule has 1 aromatic rings. The summed E-state index contributed by atoms with van der Waals surface area (Å²) in [6.07, 6.45) is 3.80. The molecule has 5 rings (SSSR count). The monoisotopic (exact) mass is 639 g/mol. The lowest BCUT2D eigenvalue weighted by molar-refractivity contribution is -0.144. The highest BCUT2D eigenvalue weighted by atomic mass is 16.7. The number of alkyl carbamates (subject to hydrolysis) is 1. The van der Waals surface area contributed by atoms with Gasteiger partial charge in [0.1, 0.15) is 23.8 Å². The van der Waals surface area contributed by atoms with E-state index in [2.05, 4.69) is 21.4 Å². The molecular weight excluding hydrogens is 594 g/mol. The van der Waals surface area contributed by atoms with Crippen LogP contribution in [0.15, 0.2) is 36.4 Å². The second kappa shape index (κ2) is 13.8. The second-order valence-electron chi connectivity index (χ2n) is 13.7. The van der Waals surface area contributed by atoms with Gasteiger partial charge in [-0.2, -0.15) is 0 Å². The number of amides is 4. The second-order valence-corrected chi connectivity index (χ2v) is 13.7. The van der Waals surface area contributed by atoms with Crippen LogP contribution in [0.2, 0.25) is 0 Å². The number of likely N-dealkylation sites (tertiary alicyclic amines) is 1. The highest BCUT2D eigenvalue weighted by Gasteiger charge is 2.54. The summed E-state index contributed by atoms with van der Waals surface area (Å²) < 4.78 is 10.8. The van der Waals surface area contributed by atoms with Crippen LogP contribution in [0, 0.1) is 5.41 Å². The summed E-state index contributed by atoms with van der Waals surface area (Å²) in [6.45, 7) is 8.07. The Hall–Kier alpha value is -3.97. The van der Waals surface area contributed by atoms with Gasteiger partial charge in [-0.25, -0.2) is 4.79 Å². The van der Waals surface area contributed by atoms with E-state index in [1.54, 1.807) is 0 Å². The quantitative estimate of drug-likeness (QED) is 0.265. The molecule has 4 N–H and O–H groups in total. The minimum Gasteiger partial charge on any atom is -0.444 e. The lowest BCUT2D eigenvalue weighted by Gasteiger charge is -2.35. The van der Waals surface area contributed by atoms with Crippen LogP contribution in [0.25, 0.3) is 5.70 Å². The smallest absolute Gasteiger partial charge is 0.408 e. The molecule has 3 heterocycles. The first-order chi connectivity index (χ1) is 21.9. The Morgan fingerprint density at radius 2 is 1.83 bits per heavy atom. The molecule has 5 atom stereocenters. The number of nitrogens with zero attached hydrogens (tertiary/aromatic N) is 1. The Morgan fingerprint density at radius 1 is 1.09 bits per heavy atom. The maximum atomic E-state index is 14.4. The van der Waals surface area contributed by atoms with Crippen LogP contribution in [-0.2, 0) is 33.5 Å². The molecule has 1 spiro atoms. The van der Waals surface area contributed by atoms with E-state index < -0.39 is 64.8 Å². The van der Waals surface area contributed by atoms with Gasteiger partial charge in [-0.05, 0) is 36.3 Å². The molecule has 0 aromatic heterocycles. The zero-order valence-corrected chi connectivity index (χ0v) is 26.9. The summed E-state index contributed by atoms with van der Waals surface area (Å²) >= 11 is 0. The minimum absolute atomic E-state index is 0.00157. The van der Waals surface area contributed by atoms with Crippen LogP contribution >= 0.6 is 0 Å². The summed E-state index contributed by atoms with van der Waals surface area (Å²) in [5.74, 6) is -2.52. The SMILES string of the molecule is CCC[C@H](NC(=O)[C@@H]1C[C@]2(C=C(c3ccccc3)NO2)CN1C(=O)[C@@H](NC(=O)O[C@H]1CCOC1)C(C)(C)C)C(=O)C(=O)NC1CC1. The number of benzene rings is 1. The summed E-state index contributed by atoms with van der Waals surface area (Å²) in [6, 6.07) is 6.33. The van der Waals surface area contributed by atoms with Crippen molar-refractivity contribution in [3.63, 3.8) is 0 Å².